The summed E-state index contributed by atoms with van der Waals surface area (Å²) in [4.78, 5) is 9.70. The SMILES string of the molecule is CCNc1nc(Nc2cn(C3CC3)nc2[C@H]2C[C@@H](n3nccn3)C2)ncc1C(F)(F)F. The first-order valence-corrected chi connectivity index (χ1v) is 10.3. The Kier molecular flexibility index (Phi) is 4.78. The number of hydrogen-bond acceptors (Lipinski definition) is 7. The van der Waals surface area contributed by atoms with Crippen LogP contribution >= 0.6 is 0 Å². The summed E-state index contributed by atoms with van der Waals surface area (Å²) in [6.07, 6.45) is 5.35. The number of halogens is 3. The zero-order chi connectivity index (χ0) is 21.6. The Balaban J connectivity index is 1.39. The lowest BCUT2D eigenvalue weighted by molar-refractivity contribution is -0.137. The van der Waals surface area contributed by atoms with Crippen LogP contribution in [0.2, 0.25) is 0 Å². The highest BCUT2D eigenvalue weighted by molar-refractivity contribution is 5.59. The molecule has 2 fully saturated rings. The van der Waals surface area contributed by atoms with Gasteiger partial charge < -0.3 is 10.6 Å². The number of hydrogen-bond donors (Lipinski definition) is 2. The smallest absolute Gasteiger partial charge is 0.370 e. The molecule has 0 unspecified atom stereocenters. The minimum absolute atomic E-state index is 0.102. The first-order valence-electron chi connectivity index (χ1n) is 10.3. The zero-order valence-corrected chi connectivity index (χ0v) is 16.8. The monoisotopic (exact) mass is 433 g/mol. The highest BCUT2D eigenvalue weighted by Crippen LogP contribution is 2.47. The van der Waals surface area contributed by atoms with E-state index in [4.69, 9.17) is 5.10 Å². The molecule has 0 saturated heterocycles. The van der Waals surface area contributed by atoms with Crippen LogP contribution in [0.15, 0.2) is 24.8 Å². The second-order valence-electron chi connectivity index (χ2n) is 7.92. The molecule has 9 nitrogen and oxygen atoms in total. The minimum atomic E-state index is -4.53. The van der Waals surface area contributed by atoms with Crippen LogP contribution in [0.3, 0.4) is 0 Å². The van der Waals surface area contributed by atoms with E-state index in [1.165, 1.54) is 0 Å². The summed E-state index contributed by atoms with van der Waals surface area (Å²) in [5, 5.41) is 19.0. The van der Waals surface area contributed by atoms with Gasteiger partial charge in [-0.2, -0.15) is 38.2 Å². The quantitative estimate of drug-likeness (QED) is 0.583. The van der Waals surface area contributed by atoms with E-state index in [2.05, 4.69) is 30.8 Å². The molecule has 3 aromatic rings. The number of alkyl halides is 3. The Bertz CT molecular complexity index is 1050. The molecule has 164 valence electrons. The number of aromatic nitrogens is 7. The van der Waals surface area contributed by atoms with E-state index >= 15 is 0 Å². The van der Waals surface area contributed by atoms with Crippen LogP contribution in [-0.2, 0) is 6.18 Å². The fourth-order valence-corrected chi connectivity index (χ4v) is 3.82. The van der Waals surface area contributed by atoms with E-state index in [-0.39, 0.29) is 23.7 Å². The third-order valence-electron chi connectivity index (χ3n) is 5.63. The summed E-state index contributed by atoms with van der Waals surface area (Å²) in [7, 11) is 0. The summed E-state index contributed by atoms with van der Waals surface area (Å²) in [5.41, 5.74) is 0.720. The Morgan fingerprint density at radius 3 is 2.52 bits per heavy atom. The van der Waals surface area contributed by atoms with Crippen molar-refractivity contribution in [3.05, 3.63) is 36.0 Å². The van der Waals surface area contributed by atoms with Crippen molar-refractivity contribution in [1.29, 1.82) is 0 Å². The molecule has 0 radical (unpaired) electrons. The Morgan fingerprint density at radius 1 is 1.13 bits per heavy atom. The zero-order valence-electron chi connectivity index (χ0n) is 16.8. The predicted molar refractivity (Wildman–Crippen MR) is 106 cm³/mol. The van der Waals surface area contributed by atoms with Gasteiger partial charge in [0.2, 0.25) is 5.95 Å². The van der Waals surface area contributed by atoms with Gasteiger partial charge in [-0.05, 0) is 32.6 Å². The van der Waals surface area contributed by atoms with Crippen LogP contribution in [0.4, 0.5) is 30.6 Å². The fourth-order valence-electron chi connectivity index (χ4n) is 3.82. The highest BCUT2D eigenvalue weighted by Gasteiger charge is 2.38. The molecule has 2 aliphatic carbocycles. The molecule has 0 aliphatic heterocycles. The maximum Gasteiger partial charge on any atom is 0.421 e. The predicted octanol–water partition coefficient (Wildman–Crippen LogP) is 3.91. The van der Waals surface area contributed by atoms with E-state index in [0.29, 0.717) is 12.6 Å². The maximum absolute atomic E-state index is 13.2. The lowest BCUT2D eigenvalue weighted by atomic mass is 9.78. The van der Waals surface area contributed by atoms with Crippen molar-refractivity contribution in [2.24, 2.45) is 0 Å². The van der Waals surface area contributed by atoms with Gasteiger partial charge >= 0.3 is 6.18 Å². The van der Waals surface area contributed by atoms with Crippen LogP contribution in [0.5, 0.6) is 0 Å². The van der Waals surface area contributed by atoms with Gasteiger partial charge in [-0.1, -0.05) is 0 Å². The molecule has 0 bridgehead atoms. The van der Waals surface area contributed by atoms with E-state index in [0.717, 1.165) is 43.3 Å². The van der Waals surface area contributed by atoms with Crippen molar-refractivity contribution in [2.45, 2.75) is 56.8 Å². The number of nitrogens with zero attached hydrogens (tertiary/aromatic N) is 7. The average molecular weight is 433 g/mol. The summed E-state index contributed by atoms with van der Waals surface area (Å²) in [6.45, 7) is 2.03. The minimum Gasteiger partial charge on any atom is -0.370 e. The molecule has 0 aromatic carbocycles. The summed E-state index contributed by atoms with van der Waals surface area (Å²) >= 11 is 0. The van der Waals surface area contributed by atoms with E-state index in [1.807, 2.05) is 10.9 Å². The third kappa shape index (κ3) is 3.93. The first kappa shape index (κ1) is 19.8. The average Bonchev–Trinajstić information content (AvgIpc) is 3.24. The van der Waals surface area contributed by atoms with Crippen molar-refractivity contribution < 1.29 is 13.2 Å². The topological polar surface area (TPSA) is 98.4 Å². The lowest BCUT2D eigenvalue weighted by Gasteiger charge is -2.33. The molecule has 2 aliphatic rings. The van der Waals surface area contributed by atoms with Crippen molar-refractivity contribution >= 4 is 17.5 Å². The molecule has 5 rings (SSSR count). The highest BCUT2D eigenvalue weighted by atomic mass is 19.4. The van der Waals surface area contributed by atoms with Crippen molar-refractivity contribution in [1.82, 2.24) is 34.7 Å². The Hall–Kier alpha value is -3.18. The normalized spacial score (nSPS) is 21.0. The summed E-state index contributed by atoms with van der Waals surface area (Å²) < 4.78 is 41.7. The molecule has 3 aromatic heterocycles. The van der Waals surface area contributed by atoms with Gasteiger partial charge in [0.15, 0.2) is 0 Å². The Morgan fingerprint density at radius 2 is 1.87 bits per heavy atom. The van der Waals surface area contributed by atoms with E-state index < -0.39 is 11.7 Å². The van der Waals surface area contributed by atoms with Gasteiger partial charge in [-0.3, -0.25) is 4.68 Å². The van der Waals surface area contributed by atoms with Crippen LogP contribution in [0.1, 0.15) is 61.9 Å². The Labute approximate surface area is 176 Å². The molecule has 12 heteroatoms. The van der Waals surface area contributed by atoms with Crippen LogP contribution in [0, 0.1) is 0 Å². The number of nitrogens with one attached hydrogen (secondary N) is 2. The second kappa shape index (κ2) is 7.50. The van der Waals surface area contributed by atoms with E-state index in [1.54, 1.807) is 24.1 Å². The van der Waals surface area contributed by atoms with Gasteiger partial charge in [-0.25, -0.2) is 4.98 Å². The van der Waals surface area contributed by atoms with Gasteiger partial charge in [0, 0.05) is 24.9 Å². The molecule has 0 amide bonds. The molecular weight excluding hydrogens is 411 g/mol. The molecule has 31 heavy (non-hydrogen) atoms. The maximum atomic E-state index is 13.2. The van der Waals surface area contributed by atoms with Crippen molar-refractivity contribution in [2.75, 3.05) is 17.2 Å². The molecule has 2 N–H and O–H groups in total. The number of anilines is 3. The molecular formula is C19H22F3N9. The van der Waals surface area contributed by atoms with Crippen molar-refractivity contribution in [3.63, 3.8) is 0 Å². The fraction of sp³-hybridized carbons (Fsp3) is 0.526. The molecule has 3 heterocycles. The van der Waals surface area contributed by atoms with E-state index in [9.17, 15) is 13.2 Å². The van der Waals surface area contributed by atoms with Gasteiger partial charge in [0.1, 0.15) is 11.4 Å². The molecule has 2 saturated carbocycles. The van der Waals surface area contributed by atoms with Gasteiger partial charge in [-0.15, -0.1) is 0 Å². The van der Waals surface area contributed by atoms with Crippen LogP contribution in [-0.4, -0.2) is 41.3 Å². The molecule has 0 atom stereocenters. The van der Waals surface area contributed by atoms with Gasteiger partial charge in [0.05, 0.1) is 35.9 Å². The van der Waals surface area contributed by atoms with Crippen molar-refractivity contribution in [3.8, 4) is 0 Å². The largest absolute Gasteiger partial charge is 0.421 e. The summed E-state index contributed by atoms with van der Waals surface area (Å²) in [5.74, 6) is 0.0726. The standard InChI is InChI=1S/C19H22F3N9/c1-2-23-17-14(19(20,21)22)9-24-18(28-17)27-15-10-30(12-3-4-12)29-16(15)11-7-13(8-11)31-25-5-6-26-31/h5-6,9-13H,2-4,7-8H2,1H3,(H2,23,24,27,28)/t11-,13+. The number of rotatable bonds is 7. The molecule has 0 spiro atoms. The third-order valence-corrected chi connectivity index (χ3v) is 5.63. The second-order valence-corrected chi connectivity index (χ2v) is 7.92. The first-order chi connectivity index (χ1) is 14.9. The summed E-state index contributed by atoms with van der Waals surface area (Å²) in [6, 6.07) is 0.602. The van der Waals surface area contributed by atoms with Gasteiger partial charge in [0.25, 0.3) is 0 Å². The van der Waals surface area contributed by atoms with Crippen LogP contribution < -0.4 is 10.6 Å². The lowest BCUT2D eigenvalue weighted by Crippen LogP contribution is -2.27. The van der Waals surface area contributed by atoms with Crippen LogP contribution in [0.25, 0.3) is 0 Å².